The maximum Gasteiger partial charge on any atom is 0.262 e. The van der Waals surface area contributed by atoms with Crippen LogP contribution in [0.5, 0.6) is 5.75 Å². The number of nitrogens with one attached hydrogen (secondary N) is 1. The maximum atomic E-state index is 13.5. The Balaban J connectivity index is 2.06. The molecule has 3 nitrogen and oxygen atoms in total. The van der Waals surface area contributed by atoms with Gasteiger partial charge in [0.2, 0.25) is 0 Å². The van der Waals surface area contributed by atoms with Crippen molar-refractivity contribution in [3.63, 3.8) is 0 Å². The van der Waals surface area contributed by atoms with E-state index in [9.17, 15) is 9.18 Å². The molecule has 1 saturated carbocycles. The Bertz CT molecular complexity index is 467. The molecule has 1 fully saturated rings. The molecule has 1 amide bonds. The molecule has 0 saturated heterocycles. The predicted octanol–water partition coefficient (Wildman–Crippen LogP) is 3.22. The van der Waals surface area contributed by atoms with Crippen LogP contribution < -0.4 is 10.1 Å². The van der Waals surface area contributed by atoms with Gasteiger partial charge in [-0.05, 0) is 57.4 Å². The minimum Gasteiger partial charge on any atom is -0.491 e. The molecule has 1 aromatic carbocycles. The zero-order valence-corrected chi connectivity index (χ0v) is 10.9. The SMILES string of the molecule is Cc1cc(NC(=O)C2(F)CC2)ccc1OC(C)C. The molecule has 1 aromatic rings. The average molecular weight is 251 g/mol. The van der Waals surface area contributed by atoms with E-state index < -0.39 is 11.6 Å². The van der Waals surface area contributed by atoms with Gasteiger partial charge < -0.3 is 10.1 Å². The minimum absolute atomic E-state index is 0.102. The first kappa shape index (κ1) is 12.9. The first-order chi connectivity index (χ1) is 8.40. The number of benzene rings is 1. The summed E-state index contributed by atoms with van der Waals surface area (Å²) in [5.41, 5.74) is -0.108. The highest BCUT2D eigenvalue weighted by Crippen LogP contribution is 2.40. The molecule has 0 atom stereocenters. The fourth-order valence-electron chi connectivity index (χ4n) is 1.69. The molecule has 0 aromatic heterocycles. The summed E-state index contributed by atoms with van der Waals surface area (Å²) in [7, 11) is 0. The normalized spacial score (nSPS) is 16.5. The third-order valence-corrected chi connectivity index (χ3v) is 2.89. The van der Waals surface area contributed by atoms with Crippen molar-refractivity contribution in [2.45, 2.75) is 45.4 Å². The zero-order chi connectivity index (χ0) is 13.3. The fourth-order valence-corrected chi connectivity index (χ4v) is 1.69. The van der Waals surface area contributed by atoms with Crippen molar-refractivity contribution in [2.24, 2.45) is 0 Å². The molecule has 0 bridgehead atoms. The van der Waals surface area contributed by atoms with Gasteiger partial charge in [-0.1, -0.05) is 0 Å². The van der Waals surface area contributed by atoms with Crippen molar-refractivity contribution >= 4 is 11.6 Å². The summed E-state index contributed by atoms with van der Waals surface area (Å²) in [4.78, 5) is 11.6. The molecular formula is C14H18FNO2. The number of hydrogen-bond acceptors (Lipinski definition) is 2. The van der Waals surface area contributed by atoms with Crippen LogP contribution in [-0.4, -0.2) is 17.7 Å². The molecule has 2 rings (SSSR count). The van der Waals surface area contributed by atoms with Crippen LogP contribution in [0.15, 0.2) is 18.2 Å². The number of anilines is 1. The quantitative estimate of drug-likeness (QED) is 0.892. The molecule has 0 heterocycles. The number of rotatable bonds is 4. The van der Waals surface area contributed by atoms with Crippen LogP contribution in [0.4, 0.5) is 10.1 Å². The van der Waals surface area contributed by atoms with Crippen molar-refractivity contribution in [3.05, 3.63) is 23.8 Å². The largest absolute Gasteiger partial charge is 0.491 e. The predicted molar refractivity (Wildman–Crippen MR) is 68.6 cm³/mol. The molecular weight excluding hydrogens is 233 g/mol. The molecule has 0 radical (unpaired) electrons. The Hall–Kier alpha value is -1.58. The van der Waals surface area contributed by atoms with E-state index in [1.807, 2.05) is 20.8 Å². The van der Waals surface area contributed by atoms with Crippen molar-refractivity contribution in [1.82, 2.24) is 0 Å². The number of carbonyl (C=O) groups excluding carboxylic acids is 1. The number of aryl methyl sites for hydroxylation is 1. The summed E-state index contributed by atoms with van der Waals surface area (Å²) in [5.74, 6) is 0.240. The van der Waals surface area contributed by atoms with Crippen LogP contribution in [0.2, 0.25) is 0 Å². The number of alkyl halides is 1. The Labute approximate surface area is 106 Å². The highest BCUT2D eigenvalue weighted by atomic mass is 19.1. The summed E-state index contributed by atoms with van der Waals surface area (Å²) in [6.45, 7) is 5.81. The van der Waals surface area contributed by atoms with Gasteiger partial charge in [-0.25, -0.2) is 4.39 Å². The topological polar surface area (TPSA) is 38.3 Å². The van der Waals surface area contributed by atoms with Gasteiger partial charge in [0.1, 0.15) is 5.75 Å². The zero-order valence-electron chi connectivity index (χ0n) is 10.9. The number of hydrogen-bond donors (Lipinski definition) is 1. The van der Waals surface area contributed by atoms with Crippen LogP contribution in [-0.2, 0) is 4.79 Å². The van der Waals surface area contributed by atoms with E-state index in [1.54, 1.807) is 18.2 Å². The van der Waals surface area contributed by atoms with Crippen molar-refractivity contribution < 1.29 is 13.9 Å². The van der Waals surface area contributed by atoms with E-state index in [0.29, 0.717) is 18.5 Å². The maximum absolute atomic E-state index is 13.5. The molecule has 4 heteroatoms. The van der Waals surface area contributed by atoms with Crippen LogP contribution >= 0.6 is 0 Å². The highest BCUT2D eigenvalue weighted by Gasteiger charge is 2.50. The fraction of sp³-hybridized carbons (Fsp3) is 0.500. The number of halogens is 1. The van der Waals surface area contributed by atoms with Crippen LogP contribution in [0, 0.1) is 6.92 Å². The molecule has 1 N–H and O–H groups in total. The molecule has 98 valence electrons. The first-order valence-electron chi connectivity index (χ1n) is 6.18. The van der Waals surface area contributed by atoms with E-state index in [1.165, 1.54) is 0 Å². The molecule has 0 spiro atoms. The van der Waals surface area contributed by atoms with E-state index >= 15 is 0 Å². The second-order valence-corrected chi connectivity index (χ2v) is 5.07. The standard InChI is InChI=1S/C14H18FNO2/c1-9(2)18-12-5-4-11(8-10(12)3)16-13(17)14(15)6-7-14/h4-5,8-9H,6-7H2,1-3H3,(H,16,17). The summed E-state index contributed by atoms with van der Waals surface area (Å²) >= 11 is 0. The van der Waals surface area contributed by atoms with Gasteiger partial charge in [0, 0.05) is 5.69 Å². The summed E-state index contributed by atoms with van der Waals surface area (Å²) in [6.07, 6.45) is 0.753. The third-order valence-electron chi connectivity index (χ3n) is 2.89. The lowest BCUT2D eigenvalue weighted by Gasteiger charge is -2.14. The Kier molecular flexibility index (Phi) is 3.28. The molecule has 1 aliphatic carbocycles. The van der Waals surface area contributed by atoms with Crippen LogP contribution in [0.1, 0.15) is 32.3 Å². The van der Waals surface area contributed by atoms with Crippen LogP contribution in [0.25, 0.3) is 0 Å². The van der Waals surface area contributed by atoms with Crippen molar-refractivity contribution in [2.75, 3.05) is 5.32 Å². The van der Waals surface area contributed by atoms with Gasteiger partial charge in [0.25, 0.3) is 5.91 Å². The van der Waals surface area contributed by atoms with Gasteiger partial charge >= 0.3 is 0 Å². The average Bonchev–Trinajstić information content (AvgIpc) is 3.01. The summed E-state index contributed by atoms with van der Waals surface area (Å²) in [6, 6.07) is 5.32. The number of ether oxygens (including phenoxy) is 1. The van der Waals surface area contributed by atoms with E-state index in [4.69, 9.17) is 4.74 Å². The van der Waals surface area contributed by atoms with Gasteiger partial charge in [0.15, 0.2) is 5.67 Å². The molecule has 0 aliphatic heterocycles. The van der Waals surface area contributed by atoms with Crippen molar-refractivity contribution in [3.8, 4) is 5.75 Å². The first-order valence-corrected chi connectivity index (χ1v) is 6.18. The van der Waals surface area contributed by atoms with Gasteiger partial charge in [-0.15, -0.1) is 0 Å². The van der Waals surface area contributed by atoms with E-state index in [2.05, 4.69) is 5.32 Å². The van der Waals surface area contributed by atoms with Crippen molar-refractivity contribution in [1.29, 1.82) is 0 Å². The lowest BCUT2D eigenvalue weighted by molar-refractivity contribution is -0.122. The molecule has 18 heavy (non-hydrogen) atoms. The Morgan fingerprint density at radius 2 is 2.11 bits per heavy atom. The second-order valence-electron chi connectivity index (χ2n) is 5.07. The monoisotopic (exact) mass is 251 g/mol. The molecule has 0 unspecified atom stereocenters. The Morgan fingerprint density at radius 1 is 1.44 bits per heavy atom. The third kappa shape index (κ3) is 2.81. The molecule has 1 aliphatic rings. The van der Waals surface area contributed by atoms with Gasteiger partial charge in [-0.2, -0.15) is 0 Å². The second kappa shape index (κ2) is 4.59. The number of amides is 1. The number of carbonyl (C=O) groups is 1. The summed E-state index contributed by atoms with van der Waals surface area (Å²) in [5, 5.41) is 2.60. The minimum atomic E-state index is -1.64. The summed E-state index contributed by atoms with van der Waals surface area (Å²) < 4.78 is 19.1. The van der Waals surface area contributed by atoms with E-state index in [-0.39, 0.29) is 6.10 Å². The highest BCUT2D eigenvalue weighted by molar-refractivity contribution is 5.99. The lowest BCUT2D eigenvalue weighted by atomic mass is 10.2. The lowest BCUT2D eigenvalue weighted by Crippen LogP contribution is -2.25. The van der Waals surface area contributed by atoms with Crippen LogP contribution in [0.3, 0.4) is 0 Å². The Morgan fingerprint density at radius 3 is 2.61 bits per heavy atom. The van der Waals surface area contributed by atoms with Gasteiger partial charge in [0.05, 0.1) is 6.10 Å². The van der Waals surface area contributed by atoms with Gasteiger partial charge in [-0.3, -0.25) is 4.79 Å². The van der Waals surface area contributed by atoms with E-state index in [0.717, 1.165) is 11.3 Å². The smallest absolute Gasteiger partial charge is 0.262 e.